The number of likely N-dealkylation sites (tertiary alicyclic amines) is 1. The van der Waals surface area contributed by atoms with Crippen molar-refractivity contribution < 1.29 is 19.1 Å². The molecule has 5 nitrogen and oxygen atoms in total. The Kier molecular flexibility index (Phi) is 4.43. The molecule has 2 aliphatic heterocycles. The van der Waals surface area contributed by atoms with Gasteiger partial charge in [0.1, 0.15) is 11.4 Å². The predicted octanol–water partition coefficient (Wildman–Crippen LogP) is 3.16. The lowest BCUT2D eigenvalue weighted by molar-refractivity contribution is -0.157. The van der Waals surface area contributed by atoms with E-state index in [9.17, 15) is 9.59 Å². The monoisotopic (exact) mass is 323 g/mol. The van der Waals surface area contributed by atoms with Crippen molar-refractivity contribution in [3.63, 3.8) is 0 Å². The zero-order valence-electron chi connectivity index (χ0n) is 14.6. The number of carbonyl (C=O) groups excluding carboxylic acids is 2. The molecule has 1 spiro atoms. The lowest BCUT2D eigenvalue weighted by Crippen LogP contribution is -2.48. The highest BCUT2D eigenvalue weighted by atomic mass is 16.6. The Bertz CT molecular complexity index is 478. The van der Waals surface area contributed by atoms with Gasteiger partial charge < -0.3 is 14.4 Å². The molecule has 0 aromatic rings. The zero-order chi connectivity index (χ0) is 16.7. The SMILES string of the molecule is CC(C)(C)OC(=O)N1CCC(C(=O)C2CCOC3(CCC3)C2)C1. The second-order valence-electron chi connectivity index (χ2n) is 8.39. The Balaban J connectivity index is 1.54. The van der Waals surface area contributed by atoms with Crippen molar-refractivity contribution in [2.45, 2.75) is 70.5 Å². The van der Waals surface area contributed by atoms with Crippen LogP contribution in [0.5, 0.6) is 0 Å². The number of amides is 1. The highest BCUT2D eigenvalue weighted by Gasteiger charge is 2.46. The molecule has 1 amide bonds. The first kappa shape index (κ1) is 16.7. The van der Waals surface area contributed by atoms with Crippen molar-refractivity contribution in [1.29, 1.82) is 0 Å². The van der Waals surface area contributed by atoms with Crippen molar-refractivity contribution in [2.24, 2.45) is 11.8 Å². The van der Waals surface area contributed by atoms with Gasteiger partial charge in [0.25, 0.3) is 0 Å². The number of hydrogen-bond donors (Lipinski definition) is 0. The summed E-state index contributed by atoms with van der Waals surface area (Å²) in [5.74, 6) is 0.431. The minimum atomic E-state index is -0.490. The van der Waals surface area contributed by atoms with Crippen LogP contribution in [0.3, 0.4) is 0 Å². The zero-order valence-corrected chi connectivity index (χ0v) is 14.6. The van der Waals surface area contributed by atoms with E-state index >= 15 is 0 Å². The number of ketones is 1. The normalized spacial score (nSPS) is 30.1. The lowest BCUT2D eigenvalue weighted by atomic mass is 9.70. The summed E-state index contributed by atoms with van der Waals surface area (Å²) in [6.45, 7) is 7.44. The predicted molar refractivity (Wildman–Crippen MR) is 86.2 cm³/mol. The molecule has 23 heavy (non-hydrogen) atoms. The van der Waals surface area contributed by atoms with Crippen molar-refractivity contribution in [3.05, 3.63) is 0 Å². The van der Waals surface area contributed by atoms with Crippen LogP contribution >= 0.6 is 0 Å². The average Bonchev–Trinajstić information content (AvgIpc) is 2.93. The number of nitrogens with zero attached hydrogens (tertiary/aromatic N) is 1. The van der Waals surface area contributed by atoms with E-state index in [1.807, 2.05) is 20.8 Å². The average molecular weight is 323 g/mol. The highest BCUT2D eigenvalue weighted by Crippen LogP contribution is 2.45. The summed E-state index contributed by atoms with van der Waals surface area (Å²) in [7, 11) is 0. The Morgan fingerprint density at radius 2 is 1.91 bits per heavy atom. The Morgan fingerprint density at radius 3 is 2.52 bits per heavy atom. The molecular weight excluding hydrogens is 294 g/mol. The van der Waals surface area contributed by atoms with Gasteiger partial charge in [0.15, 0.2) is 0 Å². The Labute approximate surface area is 138 Å². The third-order valence-electron chi connectivity index (χ3n) is 5.40. The fourth-order valence-corrected chi connectivity index (χ4v) is 4.01. The number of Topliss-reactive ketones (excluding diaryl/α,β-unsaturated/α-hetero) is 1. The molecule has 0 radical (unpaired) electrons. The van der Waals surface area contributed by atoms with Gasteiger partial charge in [-0.15, -0.1) is 0 Å². The van der Waals surface area contributed by atoms with Gasteiger partial charge in [0, 0.05) is 31.5 Å². The van der Waals surface area contributed by atoms with Gasteiger partial charge in [0.05, 0.1) is 5.60 Å². The molecule has 0 aromatic heterocycles. The molecule has 3 aliphatic rings. The molecule has 1 saturated carbocycles. The van der Waals surface area contributed by atoms with E-state index in [0.29, 0.717) is 25.5 Å². The van der Waals surface area contributed by atoms with E-state index < -0.39 is 5.60 Å². The first-order valence-corrected chi connectivity index (χ1v) is 8.94. The summed E-state index contributed by atoms with van der Waals surface area (Å²) in [6.07, 6.45) is 5.62. The molecule has 5 heteroatoms. The molecule has 1 aliphatic carbocycles. The fourth-order valence-electron chi connectivity index (χ4n) is 4.01. The highest BCUT2D eigenvalue weighted by molar-refractivity contribution is 5.85. The van der Waals surface area contributed by atoms with Crippen LogP contribution in [0.2, 0.25) is 0 Å². The molecule has 0 aromatic carbocycles. The summed E-state index contributed by atoms with van der Waals surface area (Å²) in [4.78, 5) is 26.7. The minimum Gasteiger partial charge on any atom is -0.444 e. The molecule has 2 unspecified atom stereocenters. The first-order chi connectivity index (χ1) is 10.8. The number of ether oxygens (including phenoxy) is 2. The van der Waals surface area contributed by atoms with Crippen molar-refractivity contribution >= 4 is 11.9 Å². The number of carbonyl (C=O) groups is 2. The summed E-state index contributed by atoms with van der Waals surface area (Å²) in [6, 6.07) is 0. The third-order valence-corrected chi connectivity index (χ3v) is 5.40. The van der Waals surface area contributed by atoms with Crippen LogP contribution in [0, 0.1) is 11.8 Å². The minimum absolute atomic E-state index is 0.00202. The molecule has 2 atom stereocenters. The molecule has 0 bridgehead atoms. The fraction of sp³-hybridized carbons (Fsp3) is 0.889. The topological polar surface area (TPSA) is 55.8 Å². The van der Waals surface area contributed by atoms with Crippen LogP contribution in [-0.4, -0.2) is 47.7 Å². The van der Waals surface area contributed by atoms with Gasteiger partial charge in [-0.05, 0) is 59.3 Å². The maximum Gasteiger partial charge on any atom is 0.410 e. The molecule has 0 N–H and O–H groups in total. The van der Waals surface area contributed by atoms with Crippen molar-refractivity contribution in [1.82, 2.24) is 4.90 Å². The van der Waals surface area contributed by atoms with E-state index in [2.05, 4.69) is 0 Å². The van der Waals surface area contributed by atoms with Crippen molar-refractivity contribution in [3.8, 4) is 0 Å². The molecule has 3 rings (SSSR count). The number of hydrogen-bond acceptors (Lipinski definition) is 4. The Hall–Kier alpha value is -1.10. The summed E-state index contributed by atoms with van der Waals surface area (Å²) < 4.78 is 11.3. The lowest BCUT2D eigenvalue weighted by Gasteiger charge is -2.47. The van der Waals surface area contributed by atoms with E-state index in [0.717, 1.165) is 32.1 Å². The van der Waals surface area contributed by atoms with Gasteiger partial charge in [-0.3, -0.25) is 4.79 Å². The van der Waals surface area contributed by atoms with Crippen LogP contribution in [0.1, 0.15) is 59.3 Å². The van der Waals surface area contributed by atoms with E-state index in [1.165, 1.54) is 6.42 Å². The van der Waals surface area contributed by atoms with E-state index in [1.54, 1.807) is 4.90 Å². The van der Waals surface area contributed by atoms with Gasteiger partial charge in [0.2, 0.25) is 0 Å². The van der Waals surface area contributed by atoms with Crippen molar-refractivity contribution in [2.75, 3.05) is 19.7 Å². The van der Waals surface area contributed by atoms with E-state index in [-0.39, 0.29) is 23.5 Å². The smallest absolute Gasteiger partial charge is 0.410 e. The summed E-state index contributed by atoms with van der Waals surface area (Å²) >= 11 is 0. The maximum absolute atomic E-state index is 12.8. The summed E-state index contributed by atoms with van der Waals surface area (Å²) in [5, 5.41) is 0. The quantitative estimate of drug-likeness (QED) is 0.783. The van der Waals surface area contributed by atoms with Crippen LogP contribution in [-0.2, 0) is 14.3 Å². The van der Waals surface area contributed by atoms with Crippen LogP contribution in [0.25, 0.3) is 0 Å². The van der Waals surface area contributed by atoms with Crippen LogP contribution in [0.4, 0.5) is 4.79 Å². The largest absolute Gasteiger partial charge is 0.444 e. The number of rotatable bonds is 2. The third kappa shape index (κ3) is 3.70. The van der Waals surface area contributed by atoms with Crippen LogP contribution in [0.15, 0.2) is 0 Å². The van der Waals surface area contributed by atoms with Gasteiger partial charge in [-0.1, -0.05) is 0 Å². The van der Waals surface area contributed by atoms with E-state index in [4.69, 9.17) is 9.47 Å². The second-order valence-corrected chi connectivity index (χ2v) is 8.39. The van der Waals surface area contributed by atoms with Gasteiger partial charge in [-0.25, -0.2) is 4.79 Å². The standard InChI is InChI=1S/C18H29NO4/c1-17(2,3)23-16(21)19-9-5-14(12-19)15(20)13-6-10-22-18(11-13)7-4-8-18/h13-14H,4-12H2,1-3H3. The van der Waals surface area contributed by atoms with Crippen LogP contribution < -0.4 is 0 Å². The van der Waals surface area contributed by atoms with Gasteiger partial charge >= 0.3 is 6.09 Å². The molecule has 2 heterocycles. The molecule has 3 fully saturated rings. The molecule has 2 saturated heterocycles. The summed E-state index contributed by atoms with van der Waals surface area (Å²) in [5.41, 5.74) is -0.488. The second kappa shape index (κ2) is 6.08. The van der Waals surface area contributed by atoms with Gasteiger partial charge in [-0.2, -0.15) is 0 Å². The first-order valence-electron chi connectivity index (χ1n) is 8.94. The molecule has 130 valence electrons. The Morgan fingerprint density at radius 1 is 1.17 bits per heavy atom. The molecular formula is C18H29NO4. The maximum atomic E-state index is 12.8.